The third kappa shape index (κ3) is 2.18. The highest BCUT2D eigenvalue weighted by molar-refractivity contribution is 5.87. The molecular formula is C24H33N3O. The molecule has 1 spiro atoms. The Morgan fingerprint density at radius 1 is 1.14 bits per heavy atom. The van der Waals surface area contributed by atoms with E-state index >= 15 is 0 Å². The summed E-state index contributed by atoms with van der Waals surface area (Å²) in [5.41, 5.74) is 3.79. The van der Waals surface area contributed by atoms with E-state index in [0.717, 1.165) is 45.3 Å². The summed E-state index contributed by atoms with van der Waals surface area (Å²) >= 11 is 0. The van der Waals surface area contributed by atoms with Gasteiger partial charge in [-0.05, 0) is 43.7 Å². The Bertz CT molecular complexity index is 902. The largest absolute Gasteiger partial charge is 0.355 e. The minimum atomic E-state index is -0.266. The van der Waals surface area contributed by atoms with Gasteiger partial charge in [0.05, 0.1) is 5.69 Å². The smallest absolute Gasteiger partial charge is 0.225 e. The van der Waals surface area contributed by atoms with Crippen LogP contribution in [-0.4, -0.2) is 40.3 Å². The molecule has 4 nitrogen and oxygen atoms in total. The maximum Gasteiger partial charge on any atom is 0.225 e. The highest BCUT2D eigenvalue weighted by Gasteiger charge is 2.68. The first-order valence-electron chi connectivity index (χ1n) is 11.3. The zero-order chi connectivity index (χ0) is 19.4. The number of piperidine rings is 1. The van der Waals surface area contributed by atoms with E-state index in [1.54, 1.807) is 0 Å². The molecule has 2 unspecified atom stereocenters. The molecule has 1 aromatic carbocycles. The predicted octanol–water partition coefficient (Wildman–Crippen LogP) is 4.79. The lowest BCUT2D eigenvalue weighted by Gasteiger charge is -2.60. The number of hydrogen-bond donors (Lipinski definition) is 1. The second kappa shape index (κ2) is 6.62. The lowest BCUT2D eigenvalue weighted by molar-refractivity contribution is -0.163. The van der Waals surface area contributed by atoms with Crippen LogP contribution in [0.15, 0.2) is 24.3 Å². The molecule has 2 atom stereocenters. The topological polar surface area (TPSA) is 39.3 Å². The first kappa shape index (κ1) is 18.2. The van der Waals surface area contributed by atoms with Gasteiger partial charge in [-0.25, -0.2) is 0 Å². The van der Waals surface area contributed by atoms with E-state index in [4.69, 9.17) is 0 Å². The summed E-state index contributed by atoms with van der Waals surface area (Å²) in [5.74, 6) is 0.372. The van der Waals surface area contributed by atoms with Crippen molar-refractivity contribution in [3.05, 3.63) is 35.5 Å². The first-order chi connectivity index (χ1) is 13.7. The zero-order valence-electron chi connectivity index (χ0n) is 17.4. The number of aromatic nitrogens is 1. The van der Waals surface area contributed by atoms with Crippen LogP contribution in [0.1, 0.15) is 70.1 Å². The molecule has 1 amide bonds. The van der Waals surface area contributed by atoms with Gasteiger partial charge in [0.1, 0.15) is 5.66 Å². The maximum absolute atomic E-state index is 13.5. The number of carbonyl (C=O) groups is 1. The molecular weight excluding hydrogens is 346 g/mol. The number of fused-ring (bicyclic) bond motifs is 3. The van der Waals surface area contributed by atoms with Gasteiger partial charge in [-0.2, -0.15) is 0 Å². The summed E-state index contributed by atoms with van der Waals surface area (Å²) in [6.07, 6.45) is 8.71. The average molecular weight is 380 g/mol. The van der Waals surface area contributed by atoms with Gasteiger partial charge in [0.15, 0.2) is 0 Å². The van der Waals surface area contributed by atoms with Crippen molar-refractivity contribution in [3.63, 3.8) is 0 Å². The number of aromatic amines is 1. The van der Waals surface area contributed by atoms with Gasteiger partial charge >= 0.3 is 0 Å². The number of carbonyl (C=O) groups excluding carboxylic acids is 1. The molecule has 1 aromatic heterocycles. The summed E-state index contributed by atoms with van der Waals surface area (Å²) < 4.78 is 0. The Morgan fingerprint density at radius 3 is 2.82 bits per heavy atom. The fourth-order valence-electron chi connectivity index (χ4n) is 6.70. The number of benzene rings is 1. The minimum absolute atomic E-state index is 0.0323. The Morgan fingerprint density at radius 2 is 2.00 bits per heavy atom. The van der Waals surface area contributed by atoms with Crippen molar-refractivity contribution in [2.24, 2.45) is 5.41 Å². The molecule has 1 N–H and O–H groups in total. The molecule has 0 aliphatic carbocycles. The lowest BCUT2D eigenvalue weighted by Crippen LogP contribution is -2.67. The molecule has 0 bridgehead atoms. The Labute approximate surface area is 168 Å². The standard InChI is InChI=1S/C24H33N3O/c1-3-5-8-15-27-21(28)17-23(4-2)13-9-14-26-16-12-19-18-10-6-7-11-20(18)25-22(19)24(23,26)27/h6-7,10-11,25H,3-5,8-9,12-17H2,1-2H3. The molecule has 0 saturated carbocycles. The van der Waals surface area contributed by atoms with Crippen LogP contribution in [0, 0.1) is 5.41 Å². The van der Waals surface area contributed by atoms with Crippen molar-refractivity contribution in [2.75, 3.05) is 19.6 Å². The second-order valence-corrected chi connectivity index (χ2v) is 9.10. The van der Waals surface area contributed by atoms with E-state index in [1.807, 2.05) is 0 Å². The Kier molecular flexibility index (Phi) is 4.31. The number of nitrogens with zero attached hydrogens (tertiary/aromatic N) is 2. The number of nitrogens with one attached hydrogen (secondary N) is 1. The Balaban J connectivity index is 1.75. The van der Waals surface area contributed by atoms with Crippen LogP contribution in [0.25, 0.3) is 10.9 Å². The zero-order valence-corrected chi connectivity index (χ0v) is 17.4. The minimum Gasteiger partial charge on any atom is -0.355 e. The summed E-state index contributed by atoms with van der Waals surface area (Å²) in [6, 6.07) is 8.72. The van der Waals surface area contributed by atoms with E-state index in [2.05, 4.69) is 52.9 Å². The molecule has 2 saturated heterocycles. The molecule has 3 aliphatic rings. The molecule has 0 radical (unpaired) electrons. The van der Waals surface area contributed by atoms with Crippen LogP contribution in [0.5, 0.6) is 0 Å². The maximum atomic E-state index is 13.5. The molecule has 2 fully saturated rings. The monoisotopic (exact) mass is 379 g/mol. The van der Waals surface area contributed by atoms with E-state index in [-0.39, 0.29) is 11.1 Å². The van der Waals surface area contributed by atoms with Crippen LogP contribution >= 0.6 is 0 Å². The van der Waals surface area contributed by atoms with Crippen LogP contribution in [0.4, 0.5) is 0 Å². The van der Waals surface area contributed by atoms with Gasteiger partial charge in [-0.1, -0.05) is 44.9 Å². The number of para-hydroxylation sites is 1. The van der Waals surface area contributed by atoms with Crippen molar-refractivity contribution in [2.45, 2.75) is 70.9 Å². The number of H-pyrrole nitrogens is 1. The van der Waals surface area contributed by atoms with E-state index in [9.17, 15) is 4.79 Å². The van der Waals surface area contributed by atoms with E-state index in [1.165, 1.54) is 41.4 Å². The fourth-order valence-corrected chi connectivity index (χ4v) is 6.70. The predicted molar refractivity (Wildman–Crippen MR) is 113 cm³/mol. The number of unbranched alkanes of at least 4 members (excludes halogenated alkanes) is 2. The van der Waals surface area contributed by atoms with Crippen molar-refractivity contribution in [1.82, 2.24) is 14.8 Å². The van der Waals surface area contributed by atoms with Crippen LogP contribution in [-0.2, 0) is 16.9 Å². The molecule has 3 aliphatic heterocycles. The number of likely N-dealkylation sites (tertiary alicyclic amines) is 1. The summed E-state index contributed by atoms with van der Waals surface area (Å²) in [4.78, 5) is 22.3. The average Bonchev–Trinajstić information content (AvgIpc) is 3.21. The third-order valence-corrected chi connectivity index (χ3v) is 7.92. The summed E-state index contributed by atoms with van der Waals surface area (Å²) in [6.45, 7) is 7.61. The SMILES string of the molecule is CCCCCN1C(=O)CC2(CC)CCCN3CCc4c([nH]c5ccccc45)C312. The van der Waals surface area contributed by atoms with Gasteiger partial charge in [0, 0.05) is 42.4 Å². The van der Waals surface area contributed by atoms with E-state index in [0.29, 0.717) is 12.3 Å². The van der Waals surface area contributed by atoms with Crippen LogP contribution < -0.4 is 0 Å². The number of hydrogen-bond acceptors (Lipinski definition) is 2. The van der Waals surface area contributed by atoms with Crippen LogP contribution in [0.2, 0.25) is 0 Å². The fraction of sp³-hybridized carbons (Fsp3) is 0.625. The number of rotatable bonds is 5. The van der Waals surface area contributed by atoms with Gasteiger partial charge in [0.25, 0.3) is 0 Å². The van der Waals surface area contributed by atoms with Crippen LogP contribution in [0.3, 0.4) is 0 Å². The van der Waals surface area contributed by atoms with Gasteiger partial charge < -0.3 is 9.88 Å². The first-order valence-corrected chi connectivity index (χ1v) is 11.3. The lowest BCUT2D eigenvalue weighted by atomic mass is 9.63. The van der Waals surface area contributed by atoms with Gasteiger partial charge in [0.2, 0.25) is 5.91 Å². The van der Waals surface area contributed by atoms with Crippen molar-refractivity contribution in [1.29, 1.82) is 0 Å². The number of amides is 1. The third-order valence-electron chi connectivity index (χ3n) is 7.92. The molecule has 4 heterocycles. The molecule has 28 heavy (non-hydrogen) atoms. The molecule has 4 heteroatoms. The summed E-state index contributed by atoms with van der Waals surface area (Å²) in [5, 5.41) is 1.36. The second-order valence-electron chi connectivity index (χ2n) is 9.10. The highest BCUT2D eigenvalue weighted by Crippen LogP contribution is 2.63. The normalized spacial score (nSPS) is 29.8. The van der Waals surface area contributed by atoms with Gasteiger partial charge in [-0.15, -0.1) is 0 Å². The molecule has 2 aromatic rings. The van der Waals surface area contributed by atoms with Crippen molar-refractivity contribution < 1.29 is 4.79 Å². The summed E-state index contributed by atoms with van der Waals surface area (Å²) in [7, 11) is 0. The quantitative estimate of drug-likeness (QED) is 0.759. The molecule has 150 valence electrons. The van der Waals surface area contributed by atoms with E-state index < -0.39 is 0 Å². The van der Waals surface area contributed by atoms with Crippen molar-refractivity contribution in [3.8, 4) is 0 Å². The van der Waals surface area contributed by atoms with Crippen molar-refractivity contribution >= 4 is 16.8 Å². The van der Waals surface area contributed by atoms with Gasteiger partial charge in [-0.3, -0.25) is 9.69 Å². The molecule has 5 rings (SSSR count). The highest BCUT2D eigenvalue weighted by atomic mass is 16.2. The Hall–Kier alpha value is -1.81.